The van der Waals surface area contributed by atoms with Crippen LogP contribution in [0, 0.1) is 6.92 Å². The fourth-order valence-corrected chi connectivity index (χ4v) is 1.96. The Balaban J connectivity index is 2.22. The molecule has 3 aromatic rings. The second-order valence-corrected chi connectivity index (χ2v) is 4.17. The van der Waals surface area contributed by atoms with E-state index in [-0.39, 0.29) is 5.95 Å². The number of anilines is 1. The molecule has 2 N–H and O–H groups in total. The van der Waals surface area contributed by atoms with Gasteiger partial charge < -0.3 is 5.73 Å². The van der Waals surface area contributed by atoms with Crippen LogP contribution >= 0.6 is 0 Å². The molecule has 4 heteroatoms. The van der Waals surface area contributed by atoms with Crippen LogP contribution in [0.25, 0.3) is 22.2 Å². The Hall–Kier alpha value is -2.49. The molecular weight excluding hydrogens is 224 g/mol. The van der Waals surface area contributed by atoms with Crippen molar-refractivity contribution in [2.45, 2.75) is 6.92 Å². The zero-order valence-corrected chi connectivity index (χ0v) is 9.96. The molecule has 4 nitrogen and oxygen atoms in total. The van der Waals surface area contributed by atoms with Gasteiger partial charge in [0, 0.05) is 23.3 Å². The number of pyridine rings is 1. The maximum atomic E-state index is 5.64. The summed E-state index contributed by atoms with van der Waals surface area (Å²) in [5.41, 5.74) is 9.45. The molecule has 0 amide bonds. The van der Waals surface area contributed by atoms with Crippen LogP contribution < -0.4 is 5.73 Å². The van der Waals surface area contributed by atoms with Crippen molar-refractivity contribution in [1.29, 1.82) is 0 Å². The van der Waals surface area contributed by atoms with Crippen molar-refractivity contribution in [1.82, 2.24) is 15.0 Å². The largest absolute Gasteiger partial charge is 0.368 e. The van der Waals surface area contributed by atoms with E-state index in [1.807, 2.05) is 37.3 Å². The van der Waals surface area contributed by atoms with E-state index in [2.05, 4.69) is 15.0 Å². The molecule has 0 fully saturated rings. The number of nitrogen functional groups attached to an aromatic ring is 1. The average molecular weight is 236 g/mol. The van der Waals surface area contributed by atoms with Gasteiger partial charge in [0.05, 0.1) is 11.2 Å². The van der Waals surface area contributed by atoms with E-state index in [0.29, 0.717) is 0 Å². The lowest BCUT2D eigenvalue weighted by Crippen LogP contribution is -1.98. The van der Waals surface area contributed by atoms with E-state index in [9.17, 15) is 0 Å². The Kier molecular flexibility index (Phi) is 2.41. The van der Waals surface area contributed by atoms with Crippen molar-refractivity contribution in [2.75, 3.05) is 5.73 Å². The van der Waals surface area contributed by atoms with Crippen LogP contribution in [0.3, 0.4) is 0 Å². The van der Waals surface area contributed by atoms with E-state index in [1.165, 1.54) is 0 Å². The summed E-state index contributed by atoms with van der Waals surface area (Å²) in [6, 6.07) is 10.0. The smallest absolute Gasteiger partial charge is 0.220 e. The van der Waals surface area contributed by atoms with Gasteiger partial charge in [-0.2, -0.15) is 0 Å². The number of benzene rings is 1. The highest BCUT2D eigenvalue weighted by molar-refractivity contribution is 5.83. The number of aryl methyl sites for hydroxylation is 1. The lowest BCUT2D eigenvalue weighted by Gasteiger charge is -2.06. The summed E-state index contributed by atoms with van der Waals surface area (Å²) in [4.78, 5) is 12.6. The zero-order chi connectivity index (χ0) is 12.5. The highest BCUT2D eigenvalue weighted by Gasteiger charge is 2.06. The van der Waals surface area contributed by atoms with Crippen LogP contribution in [-0.4, -0.2) is 15.0 Å². The van der Waals surface area contributed by atoms with E-state index in [1.54, 1.807) is 12.4 Å². The van der Waals surface area contributed by atoms with Gasteiger partial charge in [0.25, 0.3) is 0 Å². The summed E-state index contributed by atoms with van der Waals surface area (Å²) in [5.74, 6) is 0.289. The maximum Gasteiger partial charge on any atom is 0.220 e. The van der Waals surface area contributed by atoms with Gasteiger partial charge in [-0.25, -0.2) is 9.97 Å². The standard InChI is InChI=1S/C14H12N4/c1-9-8-17-14(15)18-13(9)11-5-4-10-3-2-6-16-12(10)7-11/h2-8H,1H3,(H2,15,17,18). The van der Waals surface area contributed by atoms with E-state index in [4.69, 9.17) is 5.73 Å². The molecule has 0 atom stereocenters. The highest BCUT2D eigenvalue weighted by Crippen LogP contribution is 2.24. The predicted molar refractivity (Wildman–Crippen MR) is 71.9 cm³/mol. The first-order valence-corrected chi connectivity index (χ1v) is 5.68. The summed E-state index contributed by atoms with van der Waals surface area (Å²) in [6.45, 7) is 1.97. The Morgan fingerprint density at radius 3 is 2.89 bits per heavy atom. The molecule has 0 aliphatic rings. The van der Waals surface area contributed by atoms with Gasteiger partial charge in [0.15, 0.2) is 0 Å². The van der Waals surface area contributed by atoms with Crippen LogP contribution in [-0.2, 0) is 0 Å². The zero-order valence-electron chi connectivity index (χ0n) is 9.96. The van der Waals surface area contributed by atoms with Gasteiger partial charge in [-0.05, 0) is 24.6 Å². The Labute approximate surface area is 105 Å². The molecule has 0 unspecified atom stereocenters. The summed E-state index contributed by atoms with van der Waals surface area (Å²) in [6.07, 6.45) is 3.52. The summed E-state index contributed by atoms with van der Waals surface area (Å²) in [5, 5.41) is 1.11. The van der Waals surface area contributed by atoms with Crippen molar-refractivity contribution >= 4 is 16.9 Å². The van der Waals surface area contributed by atoms with Crippen molar-refractivity contribution in [3.05, 3.63) is 48.3 Å². The molecule has 2 aromatic heterocycles. The lowest BCUT2D eigenvalue weighted by molar-refractivity contribution is 1.15. The molecule has 0 bridgehead atoms. The fourth-order valence-electron chi connectivity index (χ4n) is 1.96. The minimum atomic E-state index is 0.289. The molecule has 3 rings (SSSR count). The highest BCUT2D eigenvalue weighted by atomic mass is 15.0. The molecule has 88 valence electrons. The third kappa shape index (κ3) is 1.78. The normalized spacial score (nSPS) is 10.7. The van der Waals surface area contributed by atoms with Crippen molar-refractivity contribution in [3.8, 4) is 11.3 Å². The molecule has 0 aliphatic carbocycles. The van der Waals surface area contributed by atoms with E-state index >= 15 is 0 Å². The van der Waals surface area contributed by atoms with Gasteiger partial charge in [-0.15, -0.1) is 0 Å². The molecule has 0 spiro atoms. The molecular formula is C14H12N4. The van der Waals surface area contributed by atoms with Crippen LogP contribution in [0.4, 0.5) is 5.95 Å². The molecule has 2 heterocycles. The van der Waals surface area contributed by atoms with Crippen molar-refractivity contribution < 1.29 is 0 Å². The van der Waals surface area contributed by atoms with Crippen LogP contribution in [0.1, 0.15) is 5.56 Å². The number of aromatic nitrogens is 3. The van der Waals surface area contributed by atoms with Gasteiger partial charge in [0.2, 0.25) is 5.95 Å². The van der Waals surface area contributed by atoms with Crippen molar-refractivity contribution in [3.63, 3.8) is 0 Å². The minimum Gasteiger partial charge on any atom is -0.368 e. The number of hydrogen-bond donors (Lipinski definition) is 1. The van der Waals surface area contributed by atoms with Crippen LogP contribution in [0.5, 0.6) is 0 Å². The van der Waals surface area contributed by atoms with Crippen LogP contribution in [0.15, 0.2) is 42.7 Å². The summed E-state index contributed by atoms with van der Waals surface area (Å²) < 4.78 is 0. The Morgan fingerprint density at radius 1 is 1.11 bits per heavy atom. The van der Waals surface area contributed by atoms with Crippen molar-refractivity contribution in [2.24, 2.45) is 0 Å². The lowest BCUT2D eigenvalue weighted by atomic mass is 10.1. The molecule has 18 heavy (non-hydrogen) atoms. The SMILES string of the molecule is Cc1cnc(N)nc1-c1ccc2cccnc2c1. The Bertz CT molecular complexity index is 722. The summed E-state index contributed by atoms with van der Waals surface area (Å²) in [7, 11) is 0. The first kappa shape index (κ1) is 10.7. The molecule has 0 saturated carbocycles. The minimum absolute atomic E-state index is 0.289. The number of fused-ring (bicyclic) bond motifs is 1. The average Bonchev–Trinajstić information content (AvgIpc) is 2.41. The van der Waals surface area contributed by atoms with Gasteiger partial charge in [-0.1, -0.05) is 18.2 Å². The topological polar surface area (TPSA) is 64.7 Å². The first-order chi connectivity index (χ1) is 8.74. The maximum absolute atomic E-state index is 5.64. The number of nitrogens with two attached hydrogens (primary N) is 1. The van der Waals surface area contributed by atoms with Gasteiger partial charge in [-0.3, -0.25) is 4.98 Å². The Morgan fingerprint density at radius 2 is 2.00 bits per heavy atom. The first-order valence-electron chi connectivity index (χ1n) is 5.68. The number of hydrogen-bond acceptors (Lipinski definition) is 4. The summed E-state index contributed by atoms with van der Waals surface area (Å²) >= 11 is 0. The second-order valence-electron chi connectivity index (χ2n) is 4.17. The third-order valence-electron chi connectivity index (χ3n) is 2.87. The fraction of sp³-hybridized carbons (Fsp3) is 0.0714. The predicted octanol–water partition coefficient (Wildman–Crippen LogP) is 2.58. The van der Waals surface area contributed by atoms with E-state index in [0.717, 1.165) is 27.7 Å². The molecule has 0 radical (unpaired) electrons. The molecule has 1 aromatic carbocycles. The van der Waals surface area contributed by atoms with Gasteiger partial charge >= 0.3 is 0 Å². The number of rotatable bonds is 1. The molecule has 0 saturated heterocycles. The monoisotopic (exact) mass is 236 g/mol. The quantitative estimate of drug-likeness (QED) is 0.705. The van der Waals surface area contributed by atoms with E-state index < -0.39 is 0 Å². The third-order valence-corrected chi connectivity index (χ3v) is 2.87. The molecule has 0 aliphatic heterocycles. The number of nitrogens with zero attached hydrogens (tertiary/aromatic N) is 3. The van der Waals surface area contributed by atoms with Gasteiger partial charge in [0.1, 0.15) is 0 Å². The second kappa shape index (κ2) is 4.07. The van der Waals surface area contributed by atoms with Crippen LogP contribution in [0.2, 0.25) is 0 Å².